The van der Waals surface area contributed by atoms with Gasteiger partial charge in [0.2, 0.25) is 6.79 Å². The predicted molar refractivity (Wildman–Crippen MR) is 102 cm³/mol. The van der Waals surface area contributed by atoms with E-state index in [1.54, 1.807) is 0 Å². The Hall–Kier alpha value is -2.53. The molecule has 2 aromatic carbocycles. The molecule has 0 aliphatic carbocycles. The monoisotopic (exact) mass is 367 g/mol. The first-order chi connectivity index (χ1) is 13.3. The van der Waals surface area contributed by atoms with Gasteiger partial charge in [-0.2, -0.15) is 0 Å². The second kappa shape index (κ2) is 8.44. The van der Waals surface area contributed by atoms with Crippen molar-refractivity contribution in [2.75, 3.05) is 19.9 Å². The second-order valence-corrected chi connectivity index (χ2v) is 7.00. The molecule has 2 aromatic rings. The lowest BCUT2D eigenvalue weighted by molar-refractivity contribution is -0.141. The zero-order chi connectivity index (χ0) is 18.5. The molecule has 1 saturated heterocycles. The van der Waals surface area contributed by atoms with Crippen LogP contribution in [0.25, 0.3) is 0 Å². The van der Waals surface area contributed by atoms with E-state index in [0.717, 1.165) is 42.7 Å². The lowest BCUT2D eigenvalue weighted by Crippen LogP contribution is -2.39. The van der Waals surface area contributed by atoms with Gasteiger partial charge in [0.1, 0.15) is 6.10 Å². The van der Waals surface area contributed by atoms with E-state index in [2.05, 4.69) is 24.3 Å². The molecular weight excluding hydrogens is 342 g/mol. The summed E-state index contributed by atoms with van der Waals surface area (Å²) in [4.78, 5) is 14.9. The van der Waals surface area contributed by atoms with Crippen molar-refractivity contribution in [3.63, 3.8) is 0 Å². The molecule has 0 unspecified atom stereocenters. The smallest absolute Gasteiger partial charge is 0.252 e. The fourth-order valence-corrected chi connectivity index (χ4v) is 3.68. The molecule has 142 valence electrons. The molecule has 27 heavy (non-hydrogen) atoms. The lowest BCUT2D eigenvalue weighted by Gasteiger charge is -2.26. The molecule has 0 saturated carbocycles. The van der Waals surface area contributed by atoms with Gasteiger partial charge in [-0.25, -0.2) is 0 Å². The highest BCUT2D eigenvalue weighted by molar-refractivity contribution is 5.81. The van der Waals surface area contributed by atoms with E-state index in [-0.39, 0.29) is 18.8 Å². The van der Waals surface area contributed by atoms with Crippen LogP contribution >= 0.6 is 0 Å². The third-order valence-electron chi connectivity index (χ3n) is 5.09. The van der Waals surface area contributed by atoms with Gasteiger partial charge in [-0.1, -0.05) is 42.5 Å². The molecule has 1 amide bonds. The number of hydrogen-bond donors (Lipinski definition) is 0. The van der Waals surface area contributed by atoms with Gasteiger partial charge in [0.25, 0.3) is 5.91 Å². The van der Waals surface area contributed by atoms with Crippen LogP contribution in [0.2, 0.25) is 0 Å². The maximum absolute atomic E-state index is 13.0. The van der Waals surface area contributed by atoms with Crippen LogP contribution in [0.15, 0.2) is 48.5 Å². The molecule has 2 aliphatic heterocycles. The fraction of sp³-hybridized carbons (Fsp3) is 0.409. The molecule has 2 heterocycles. The SMILES string of the molecule is O=C([C@H]1CCCO1)N(CCCc1ccccc1)Cc1cccc2c1OCO2. The van der Waals surface area contributed by atoms with Crippen LogP contribution in [0.1, 0.15) is 30.4 Å². The van der Waals surface area contributed by atoms with E-state index in [9.17, 15) is 4.79 Å². The van der Waals surface area contributed by atoms with Gasteiger partial charge in [-0.15, -0.1) is 0 Å². The van der Waals surface area contributed by atoms with Gasteiger partial charge in [-0.05, 0) is 37.3 Å². The van der Waals surface area contributed by atoms with Crippen LogP contribution < -0.4 is 9.47 Å². The van der Waals surface area contributed by atoms with Crippen LogP contribution in [0.5, 0.6) is 11.5 Å². The normalized spacial score (nSPS) is 17.9. The van der Waals surface area contributed by atoms with Crippen molar-refractivity contribution in [1.29, 1.82) is 0 Å². The number of carbonyl (C=O) groups is 1. The minimum absolute atomic E-state index is 0.0806. The fourth-order valence-electron chi connectivity index (χ4n) is 3.68. The van der Waals surface area contributed by atoms with Gasteiger partial charge in [0.05, 0.1) is 0 Å². The number of nitrogens with zero attached hydrogens (tertiary/aromatic N) is 1. The van der Waals surface area contributed by atoms with Crippen molar-refractivity contribution in [3.8, 4) is 11.5 Å². The third kappa shape index (κ3) is 4.25. The Morgan fingerprint density at radius 2 is 1.96 bits per heavy atom. The Morgan fingerprint density at radius 3 is 2.78 bits per heavy atom. The minimum Gasteiger partial charge on any atom is -0.454 e. The molecule has 1 fully saturated rings. The van der Waals surface area contributed by atoms with E-state index in [4.69, 9.17) is 14.2 Å². The number of rotatable bonds is 7. The maximum atomic E-state index is 13.0. The molecule has 1 atom stereocenters. The van der Waals surface area contributed by atoms with Gasteiger partial charge in [0.15, 0.2) is 11.5 Å². The topological polar surface area (TPSA) is 48.0 Å². The van der Waals surface area contributed by atoms with Crippen molar-refractivity contribution in [3.05, 3.63) is 59.7 Å². The molecule has 2 aliphatic rings. The summed E-state index contributed by atoms with van der Waals surface area (Å²) in [5, 5.41) is 0. The van der Waals surface area contributed by atoms with Crippen molar-refractivity contribution in [1.82, 2.24) is 4.90 Å². The van der Waals surface area contributed by atoms with E-state index >= 15 is 0 Å². The summed E-state index contributed by atoms with van der Waals surface area (Å²) in [6.45, 7) is 2.12. The van der Waals surface area contributed by atoms with Crippen molar-refractivity contribution >= 4 is 5.91 Å². The number of aryl methyl sites for hydroxylation is 1. The predicted octanol–water partition coefficient (Wildman–Crippen LogP) is 3.56. The highest BCUT2D eigenvalue weighted by Gasteiger charge is 2.29. The largest absolute Gasteiger partial charge is 0.454 e. The maximum Gasteiger partial charge on any atom is 0.252 e. The summed E-state index contributed by atoms with van der Waals surface area (Å²) in [7, 11) is 0. The summed E-state index contributed by atoms with van der Waals surface area (Å²) >= 11 is 0. The molecule has 0 spiro atoms. The Balaban J connectivity index is 1.46. The van der Waals surface area contributed by atoms with Crippen LogP contribution in [0.4, 0.5) is 0 Å². The zero-order valence-electron chi connectivity index (χ0n) is 15.4. The molecule has 5 nitrogen and oxygen atoms in total. The molecule has 0 aromatic heterocycles. The number of fused-ring (bicyclic) bond motifs is 1. The molecular formula is C22H25NO4. The van der Waals surface area contributed by atoms with Gasteiger partial charge >= 0.3 is 0 Å². The van der Waals surface area contributed by atoms with Crippen LogP contribution in [0, 0.1) is 0 Å². The van der Waals surface area contributed by atoms with Gasteiger partial charge in [-0.3, -0.25) is 4.79 Å². The standard InChI is InChI=1S/C22H25NO4/c24-22(20-12-6-14-25-20)23(13-5-9-17-7-2-1-3-8-17)15-18-10-4-11-19-21(18)27-16-26-19/h1-4,7-8,10-11,20H,5-6,9,12-16H2/t20-/m1/s1. The Labute approximate surface area is 159 Å². The number of benzene rings is 2. The first-order valence-electron chi connectivity index (χ1n) is 9.63. The van der Waals surface area contributed by atoms with Crippen molar-refractivity contribution in [2.24, 2.45) is 0 Å². The number of hydrogen-bond acceptors (Lipinski definition) is 4. The van der Waals surface area contributed by atoms with Crippen LogP contribution in [0.3, 0.4) is 0 Å². The summed E-state index contributed by atoms with van der Waals surface area (Å²) in [6.07, 6.45) is 3.31. The van der Waals surface area contributed by atoms with E-state index in [1.807, 2.05) is 29.2 Å². The molecule has 5 heteroatoms. The summed E-state index contributed by atoms with van der Waals surface area (Å²) in [6, 6.07) is 16.2. The third-order valence-corrected chi connectivity index (χ3v) is 5.09. The van der Waals surface area contributed by atoms with Crippen molar-refractivity contribution < 1.29 is 19.0 Å². The average Bonchev–Trinajstić information content (AvgIpc) is 3.39. The van der Waals surface area contributed by atoms with E-state index < -0.39 is 0 Å². The Kier molecular flexibility index (Phi) is 5.58. The molecule has 0 N–H and O–H groups in total. The highest BCUT2D eigenvalue weighted by atomic mass is 16.7. The van der Waals surface area contributed by atoms with Crippen LogP contribution in [-0.4, -0.2) is 36.9 Å². The first-order valence-corrected chi connectivity index (χ1v) is 9.63. The second-order valence-electron chi connectivity index (χ2n) is 7.00. The number of para-hydroxylation sites is 1. The van der Waals surface area contributed by atoms with Crippen LogP contribution in [-0.2, 0) is 22.5 Å². The summed E-state index contributed by atoms with van der Waals surface area (Å²) in [5.41, 5.74) is 2.27. The Morgan fingerprint density at radius 1 is 1.07 bits per heavy atom. The average molecular weight is 367 g/mol. The van der Waals surface area contributed by atoms with Crippen molar-refractivity contribution in [2.45, 2.75) is 38.3 Å². The quantitative estimate of drug-likeness (QED) is 0.751. The Bertz CT molecular complexity index is 771. The zero-order valence-corrected chi connectivity index (χ0v) is 15.4. The van der Waals surface area contributed by atoms with E-state index in [0.29, 0.717) is 19.7 Å². The number of amides is 1. The first kappa shape index (κ1) is 17.9. The number of carbonyl (C=O) groups excluding carboxylic acids is 1. The molecule has 4 rings (SSSR count). The van der Waals surface area contributed by atoms with Gasteiger partial charge in [0, 0.05) is 25.3 Å². The highest BCUT2D eigenvalue weighted by Crippen LogP contribution is 2.36. The summed E-state index contributed by atoms with van der Waals surface area (Å²) in [5.74, 6) is 1.59. The molecule has 0 radical (unpaired) electrons. The number of ether oxygens (including phenoxy) is 3. The molecule has 0 bridgehead atoms. The van der Waals surface area contributed by atoms with E-state index in [1.165, 1.54) is 5.56 Å². The summed E-state index contributed by atoms with van der Waals surface area (Å²) < 4.78 is 16.7. The lowest BCUT2D eigenvalue weighted by atomic mass is 10.1. The van der Waals surface area contributed by atoms with Gasteiger partial charge < -0.3 is 19.1 Å². The minimum atomic E-state index is -0.310.